The summed E-state index contributed by atoms with van der Waals surface area (Å²) in [6, 6.07) is 5.32. The lowest BCUT2D eigenvalue weighted by Gasteiger charge is -2.32. The summed E-state index contributed by atoms with van der Waals surface area (Å²) in [5.74, 6) is -0.156. The predicted molar refractivity (Wildman–Crippen MR) is 79.3 cm³/mol. The molecular formula is C13H18BrClN2O. The van der Waals surface area contributed by atoms with Crippen LogP contribution in [0.1, 0.15) is 24.2 Å². The van der Waals surface area contributed by atoms with Gasteiger partial charge in [0.05, 0.1) is 10.6 Å². The number of amides is 1. The average molecular weight is 334 g/mol. The Labute approximate surface area is 122 Å². The zero-order chi connectivity index (χ0) is 13.9. The van der Waals surface area contributed by atoms with Crippen molar-refractivity contribution in [2.75, 3.05) is 20.6 Å². The van der Waals surface area contributed by atoms with Gasteiger partial charge < -0.3 is 10.2 Å². The van der Waals surface area contributed by atoms with Gasteiger partial charge in [0.25, 0.3) is 5.91 Å². The molecule has 1 aromatic rings. The highest BCUT2D eigenvalue weighted by atomic mass is 79.9. The molecule has 0 bridgehead atoms. The molecule has 0 aromatic heterocycles. The van der Waals surface area contributed by atoms with Crippen molar-refractivity contribution in [2.24, 2.45) is 0 Å². The average Bonchev–Trinajstić information content (AvgIpc) is 2.29. The molecule has 0 aliphatic rings. The van der Waals surface area contributed by atoms with E-state index in [4.69, 9.17) is 11.6 Å². The molecule has 1 amide bonds. The van der Waals surface area contributed by atoms with Crippen LogP contribution >= 0.6 is 27.5 Å². The lowest BCUT2D eigenvalue weighted by Crippen LogP contribution is -2.48. The smallest absolute Gasteiger partial charge is 0.252 e. The van der Waals surface area contributed by atoms with Gasteiger partial charge in [0, 0.05) is 16.6 Å². The zero-order valence-corrected chi connectivity index (χ0v) is 13.4. The van der Waals surface area contributed by atoms with Crippen molar-refractivity contribution in [3.8, 4) is 0 Å². The molecule has 18 heavy (non-hydrogen) atoms. The van der Waals surface area contributed by atoms with Gasteiger partial charge in [-0.1, -0.05) is 17.7 Å². The van der Waals surface area contributed by atoms with Crippen LogP contribution in [-0.2, 0) is 0 Å². The van der Waals surface area contributed by atoms with Crippen molar-refractivity contribution < 1.29 is 4.79 Å². The Kier molecular flexibility index (Phi) is 5.20. The predicted octanol–water partition coefficient (Wildman–Crippen LogP) is 3.17. The van der Waals surface area contributed by atoms with Crippen LogP contribution in [0.5, 0.6) is 0 Å². The molecule has 0 aliphatic heterocycles. The monoisotopic (exact) mass is 332 g/mol. The number of hydrogen-bond acceptors (Lipinski definition) is 2. The van der Waals surface area contributed by atoms with Gasteiger partial charge in [-0.05, 0) is 56.0 Å². The van der Waals surface area contributed by atoms with Crippen LogP contribution in [0, 0.1) is 0 Å². The summed E-state index contributed by atoms with van der Waals surface area (Å²) in [5.41, 5.74) is 0.384. The first-order chi connectivity index (χ1) is 8.25. The Hall–Kier alpha value is -0.580. The third-order valence-corrected chi connectivity index (χ3v) is 4.38. The van der Waals surface area contributed by atoms with Crippen LogP contribution in [-0.4, -0.2) is 37.0 Å². The molecule has 0 spiro atoms. The lowest BCUT2D eigenvalue weighted by atomic mass is 10.0. The SMILES string of the molecule is CN(C)C(C)(C)CNC(=O)c1cccc(Br)c1Cl. The van der Waals surface area contributed by atoms with E-state index in [9.17, 15) is 4.79 Å². The molecule has 1 rings (SSSR count). The molecule has 0 atom stereocenters. The second-order valence-corrected chi connectivity index (χ2v) is 6.22. The minimum atomic E-state index is -0.156. The highest BCUT2D eigenvalue weighted by molar-refractivity contribution is 9.10. The Morgan fingerprint density at radius 1 is 1.44 bits per heavy atom. The number of rotatable bonds is 4. The molecule has 1 N–H and O–H groups in total. The van der Waals surface area contributed by atoms with Crippen molar-refractivity contribution in [1.29, 1.82) is 0 Å². The normalized spacial score (nSPS) is 11.7. The van der Waals surface area contributed by atoms with E-state index in [-0.39, 0.29) is 11.4 Å². The summed E-state index contributed by atoms with van der Waals surface area (Å²) in [6.45, 7) is 4.69. The van der Waals surface area contributed by atoms with Crippen molar-refractivity contribution >= 4 is 33.4 Å². The van der Waals surface area contributed by atoms with Crippen molar-refractivity contribution in [2.45, 2.75) is 19.4 Å². The van der Waals surface area contributed by atoms with E-state index >= 15 is 0 Å². The standard InChI is InChI=1S/C13H18BrClN2O/c1-13(2,17(3)4)8-16-12(18)9-6-5-7-10(14)11(9)15/h5-7H,8H2,1-4H3,(H,16,18). The lowest BCUT2D eigenvalue weighted by molar-refractivity contribution is 0.0920. The van der Waals surface area contributed by atoms with Gasteiger partial charge in [-0.3, -0.25) is 4.79 Å². The molecule has 0 unspecified atom stereocenters. The maximum absolute atomic E-state index is 12.1. The van der Waals surface area contributed by atoms with E-state index in [2.05, 4.69) is 40.0 Å². The number of nitrogens with one attached hydrogen (secondary N) is 1. The quantitative estimate of drug-likeness (QED) is 0.918. The summed E-state index contributed by atoms with van der Waals surface area (Å²) in [6.07, 6.45) is 0. The topological polar surface area (TPSA) is 32.3 Å². The van der Waals surface area contributed by atoms with Gasteiger partial charge >= 0.3 is 0 Å². The van der Waals surface area contributed by atoms with Crippen molar-refractivity contribution in [3.05, 3.63) is 33.3 Å². The van der Waals surface area contributed by atoms with E-state index < -0.39 is 0 Å². The molecule has 0 saturated heterocycles. The Morgan fingerprint density at radius 2 is 2.06 bits per heavy atom. The first-order valence-electron chi connectivity index (χ1n) is 5.65. The van der Waals surface area contributed by atoms with E-state index in [0.717, 1.165) is 4.47 Å². The molecule has 0 radical (unpaired) electrons. The van der Waals surface area contributed by atoms with Crippen LogP contribution in [0.3, 0.4) is 0 Å². The number of benzene rings is 1. The van der Waals surface area contributed by atoms with Crippen LogP contribution in [0.15, 0.2) is 22.7 Å². The largest absolute Gasteiger partial charge is 0.350 e. The molecule has 5 heteroatoms. The summed E-state index contributed by atoms with van der Waals surface area (Å²) in [7, 11) is 3.97. The minimum absolute atomic E-state index is 0.103. The number of halogens is 2. The summed E-state index contributed by atoms with van der Waals surface area (Å²) >= 11 is 9.39. The maximum Gasteiger partial charge on any atom is 0.252 e. The van der Waals surface area contributed by atoms with E-state index in [1.54, 1.807) is 12.1 Å². The molecule has 0 heterocycles. The molecule has 3 nitrogen and oxygen atoms in total. The number of carbonyl (C=O) groups excluding carboxylic acids is 1. The molecule has 100 valence electrons. The molecule has 1 aromatic carbocycles. The minimum Gasteiger partial charge on any atom is -0.350 e. The van der Waals surface area contributed by atoms with E-state index in [1.807, 2.05) is 20.2 Å². The van der Waals surface area contributed by atoms with Gasteiger partial charge in [0.1, 0.15) is 0 Å². The highest BCUT2D eigenvalue weighted by Gasteiger charge is 2.22. The summed E-state index contributed by atoms with van der Waals surface area (Å²) in [5, 5.41) is 3.35. The maximum atomic E-state index is 12.1. The van der Waals surface area contributed by atoms with Gasteiger partial charge in [-0.25, -0.2) is 0 Å². The molecular weight excluding hydrogens is 316 g/mol. The van der Waals surface area contributed by atoms with Gasteiger partial charge in [-0.15, -0.1) is 0 Å². The number of carbonyl (C=O) groups is 1. The van der Waals surface area contributed by atoms with Crippen molar-refractivity contribution in [3.63, 3.8) is 0 Å². The van der Waals surface area contributed by atoms with Crippen LogP contribution in [0.25, 0.3) is 0 Å². The first kappa shape index (κ1) is 15.5. The summed E-state index contributed by atoms with van der Waals surface area (Å²) in [4.78, 5) is 14.1. The van der Waals surface area contributed by atoms with Crippen LogP contribution in [0.4, 0.5) is 0 Å². The fourth-order valence-corrected chi connectivity index (χ4v) is 1.81. The third-order valence-electron chi connectivity index (χ3n) is 3.09. The first-order valence-corrected chi connectivity index (χ1v) is 6.82. The van der Waals surface area contributed by atoms with E-state index in [0.29, 0.717) is 17.1 Å². The number of nitrogens with zero attached hydrogens (tertiary/aromatic N) is 1. The number of hydrogen-bond donors (Lipinski definition) is 1. The third kappa shape index (κ3) is 3.70. The Bertz CT molecular complexity index is 447. The fraction of sp³-hybridized carbons (Fsp3) is 0.462. The van der Waals surface area contributed by atoms with Gasteiger partial charge in [0.15, 0.2) is 0 Å². The second-order valence-electron chi connectivity index (χ2n) is 4.99. The van der Waals surface area contributed by atoms with Crippen molar-refractivity contribution in [1.82, 2.24) is 10.2 Å². The Balaban J connectivity index is 2.75. The van der Waals surface area contributed by atoms with E-state index in [1.165, 1.54) is 0 Å². The fourth-order valence-electron chi connectivity index (χ4n) is 1.23. The molecule has 0 saturated carbocycles. The summed E-state index contributed by atoms with van der Waals surface area (Å²) < 4.78 is 0.726. The highest BCUT2D eigenvalue weighted by Crippen LogP contribution is 2.25. The molecule has 0 aliphatic carbocycles. The second kappa shape index (κ2) is 6.04. The number of likely N-dealkylation sites (N-methyl/N-ethyl adjacent to an activating group) is 1. The Morgan fingerprint density at radius 3 is 2.61 bits per heavy atom. The molecule has 0 fully saturated rings. The van der Waals surface area contributed by atoms with Crippen LogP contribution in [0.2, 0.25) is 5.02 Å². The van der Waals surface area contributed by atoms with Gasteiger partial charge in [-0.2, -0.15) is 0 Å². The van der Waals surface area contributed by atoms with Gasteiger partial charge in [0.2, 0.25) is 0 Å². The zero-order valence-electron chi connectivity index (χ0n) is 11.1. The van der Waals surface area contributed by atoms with Crippen LogP contribution < -0.4 is 5.32 Å².